The molecule has 0 saturated heterocycles. The number of hydrogen-bond donors (Lipinski definition) is 2. The average molecular weight is 415 g/mol. The number of hydrogen-bond acceptors (Lipinski definition) is 5. The van der Waals surface area contributed by atoms with Gasteiger partial charge >= 0.3 is 0 Å². The highest BCUT2D eigenvalue weighted by atomic mass is 32.1. The SMILES string of the molecule is Cc1csc2ncnc(NC3Cc4ccc(C(=O)NCc5ccccc5)cc4C3)c12. The zero-order chi connectivity index (χ0) is 20.5. The van der Waals surface area contributed by atoms with E-state index in [9.17, 15) is 4.79 Å². The van der Waals surface area contributed by atoms with Gasteiger partial charge in [-0.2, -0.15) is 0 Å². The minimum absolute atomic E-state index is 0.0375. The molecule has 4 aromatic rings. The quantitative estimate of drug-likeness (QED) is 0.504. The summed E-state index contributed by atoms with van der Waals surface area (Å²) in [6, 6.07) is 16.3. The number of thiophene rings is 1. The maximum atomic E-state index is 12.6. The molecule has 30 heavy (non-hydrogen) atoms. The molecule has 5 nitrogen and oxygen atoms in total. The van der Waals surface area contributed by atoms with Crippen molar-refractivity contribution in [2.45, 2.75) is 32.4 Å². The molecule has 6 heteroatoms. The van der Waals surface area contributed by atoms with E-state index in [2.05, 4.69) is 39.0 Å². The molecule has 0 saturated carbocycles. The highest BCUT2D eigenvalue weighted by Crippen LogP contribution is 2.31. The van der Waals surface area contributed by atoms with Crippen LogP contribution in [0.1, 0.15) is 32.6 Å². The van der Waals surface area contributed by atoms with E-state index in [0.29, 0.717) is 12.1 Å². The topological polar surface area (TPSA) is 66.9 Å². The van der Waals surface area contributed by atoms with Crippen molar-refractivity contribution in [3.63, 3.8) is 0 Å². The molecule has 1 aliphatic carbocycles. The van der Waals surface area contributed by atoms with Crippen LogP contribution in [0.2, 0.25) is 0 Å². The van der Waals surface area contributed by atoms with Gasteiger partial charge in [0.05, 0.1) is 5.39 Å². The number of aromatic nitrogens is 2. The second kappa shape index (κ2) is 7.88. The molecule has 2 heterocycles. The molecule has 0 bridgehead atoms. The van der Waals surface area contributed by atoms with Crippen molar-refractivity contribution in [3.8, 4) is 0 Å². The van der Waals surface area contributed by atoms with Crippen molar-refractivity contribution in [1.29, 1.82) is 0 Å². The van der Waals surface area contributed by atoms with Crippen molar-refractivity contribution in [3.05, 3.63) is 88.1 Å². The summed E-state index contributed by atoms with van der Waals surface area (Å²) in [5, 5.41) is 9.85. The molecule has 0 aliphatic heterocycles. The van der Waals surface area contributed by atoms with Crippen molar-refractivity contribution in [2.75, 3.05) is 5.32 Å². The molecule has 2 aromatic carbocycles. The summed E-state index contributed by atoms with van der Waals surface area (Å²) >= 11 is 1.65. The van der Waals surface area contributed by atoms with Gasteiger partial charge in [-0.05, 0) is 59.5 Å². The van der Waals surface area contributed by atoms with Crippen LogP contribution in [-0.4, -0.2) is 21.9 Å². The minimum Gasteiger partial charge on any atom is -0.366 e. The van der Waals surface area contributed by atoms with Crippen LogP contribution in [0.5, 0.6) is 0 Å². The Labute approximate surface area is 179 Å². The lowest BCUT2D eigenvalue weighted by Crippen LogP contribution is -2.22. The number of carbonyl (C=O) groups excluding carboxylic acids is 1. The summed E-state index contributed by atoms with van der Waals surface area (Å²) in [5.41, 5.74) is 5.53. The Hall–Kier alpha value is -3.25. The number of nitrogens with one attached hydrogen (secondary N) is 2. The van der Waals surface area contributed by atoms with E-state index in [1.807, 2.05) is 42.5 Å². The van der Waals surface area contributed by atoms with Gasteiger partial charge in [0.15, 0.2) is 0 Å². The van der Waals surface area contributed by atoms with Crippen molar-refractivity contribution < 1.29 is 4.79 Å². The van der Waals surface area contributed by atoms with Gasteiger partial charge in [-0.3, -0.25) is 4.79 Å². The highest BCUT2D eigenvalue weighted by molar-refractivity contribution is 7.17. The maximum absolute atomic E-state index is 12.6. The van der Waals surface area contributed by atoms with Crippen molar-refractivity contribution in [2.24, 2.45) is 0 Å². The first-order valence-electron chi connectivity index (χ1n) is 10.1. The van der Waals surface area contributed by atoms with Crippen LogP contribution in [0.15, 0.2) is 60.2 Å². The molecule has 1 amide bonds. The smallest absolute Gasteiger partial charge is 0.251 e. The number of fused-ring (bicyclic) bond motifs is 2. The van der Waals surface area contributed by atoms with Gasteiger partial charge in [0, 0.05) is 18.2 Å². The molecular formula is C24H22N4OS. The lowest BCUT2D eigenvalue weighted by atomic mass is 10.1. The van der Waals surface area contributed by atoms with E-state index in [1.54, 1.807) is 17.7 Å². The Bertz CT molecular complexity index is 1220. The fourth-order valence-electron chi connectivity index (χ4n) is 4.06. The second-order valence-electron chi connectivity index (χ2n) is 7.72. The molecule has 2 N–H and O–H groups in total. The second-order valence-corrected chi connectivity index (χ2v) is 8.58. The Morgan fingerprint density at radius 2 is 1.93 bits per heavy atom. The Morgan fingerprint density at radius 1 is 1.10 bits per heavy atom. The number of carbonyl (C=O) groups is 1. The summed E-state index contributed by atoms with van der Waals surface area (Å²) < 4.78 is 0. The minimum atomic E-state index is -0.0375. The largest absolute Gasteiger partial charge is 0.366 e. The lowest BCUT2D eigenvalue weighted by molar-refractivity contribution is 0.0951. The van der Waals surface area contributed by atoms with Crippen LogP contribution in [0, 0.1) is 6.92 Å². The molecule has 0 radical (unpaired) electrons. The standard InChI is InChI=1S/C24H22N4OS/c1-15-13-30-24-21(15)22(26-14-27-24)28-20-10-17-7-8-18(9-19(17)11-20)23(29)25-12-16-5-3-2-4-6-16/h2-9,13-14,20H,10-12H2,1H3,(H,25,29)(H,26,27,28). The molecule has 2 aromatic heterocycles. The Balaban J connectivity index is 1.28. The number of nitrogens with zero attached hydrogens (tertiary/aromatic N) is 2. The fraction of sp³-hybridized carbons (Fsp3) is 0.208. The first kappa shape index (κ1) is 18.8. The number of amides is 1. The monoisotopic (exact) mass is 414 g/mol. The predicted octanol–water partition coefficient (Wildman–Crippen LogP) is 4.51. The van der Waals surface area contributed by atoms with Gasteiger partial charge in [-0.25, -0.2) is 9.97 Å². The summed E-state index contributed by atoms with van der Waals surface area (Å²) in [5.74, 6) is 0.863. The lowest BCUT2D eigenvalue weighted by Gasteiger charge is -2.13. The fourth-order valence-corrected chi connectivity index (χ4v) is 4.95. The summed E-state index contributed by atoms with van der Waals surface area (Å²) in [6.45, 7) is 2.63. The molecule has 5 rings (SSSR count). The maximum Gasteiger partial charge on any atom is 0.251 e. The predicted molar refractivity (Wildman–Crippen MR) is 121 cm³/mol. The van der Waals surface area contributed by atoms with Crippen LogP contribution in [0.3, 0.4) is 0 Å². The van der Waals surface area contributed by atoms with E-state index < -0.39 is 0 Å². The Morgan fingerprint density at radius 3 is 2.80 bits per heavy atom. The zero-order valence-electron chi connectivity index (χ0n) is 16.7. The summed E-state index contributed by atoms with van der Waals surface area (Å²) in [4.78, 5) is 22.5. The van der Waals surface area contributed by atoms with Gasteiger partial charge < -0.3 is 10.6 Å². The molecule has 150 valence electrons. The van der Waals surface area contributed by atoms with Crippen molar-refractivity contribution >= 4 is 33.3 Å². The number of benzene rings is 2. The summed E-state index contributed by atoms with van der Waals surface area (Å²) in [7, 11) is 0. The molecule has 1 aliphatic rings. The number of rotatable bonds is 5. The van der Waals surface area contributed by atoms with Gasteiger partial charge in [0.25, 0.3) is 5.91 Å². The van der Waals surface area contributed by atoms with Crippen molar-refractivity contribution in [1.82, 2.24) is 15.3 Å². The third kappa shape index (κ3) is 3.66. The van der Waals surface area contributed by atoms with Gasteiger partial charge in [0.2, 0.25) is 0 Å². The first-order chi connectivity index (χ1) is 14.7. The van der Waals surface area contributed by atoms with Crippen LogP contribution in [-0.2, 0) is 19.4 Å². The van der Waals surface area contributed by atoms with Gasteiger partial charge in [-0.1, -0.05) is 36.4 Å². The van der Waals surface area contributed by atoms with Crippen LogP contribution < -0.4 is 10.6 Å². The third-order valence-electron chi connectivity index (χ3n) is 5.59. The molecule has 0 spiro atoms. The molecule has 1 unspecified atom stereocenters. The van der Waals surface area contributed by atoms with E-state index in [4.69, 9.17) is 0 Å². The highest BCUT2D eigenvalue weighted by Gasteiger charge is 2.24. The number of anilines is 1. The molecular weight excluding hydrogens is 392 g/mol. The van der Waals surface area contributed by atoms with Gasteiger partial charge in [-0.15, -0.1) is 11.3 Å². The van der Waals surface area contributed by atoms with Crippen LogP contribution in [0.25, 0.3) is 10.2 Å². The average Bonchev–Trinajstić information content (AvgIpc) is 3.35. The molecule has 0 fully saturated rings. The Kier molecular flexibility index (Phi) is 4.93. The van der Waals surface area contributed by atoms with E-state index in [-0.39, 0.29) is 11.9 Å². The number of aryl methyl sites for hydroxylation is 1. The van der Waals surface area contributed by atoms with E-state index >= 15 is 0 Å². The molecule has 1 atom stereocenters. The van der Waals surface area contributed by atoms with E-state index in [0.717, 1.165) is 34.4 Å². The van der Waals surface area contributed by atoms with Crippen LogP contribution >= 0.6 is 11.3 Å². The van der Waals surface area contributed by atoms with Crippen LogP contribution in [0.4, 0.5) is 5.82 Å². The third-order valence-corrected chi connectivity index (χ3v) is 6.60. The zero-order valence-corrected chi connectivity index (χ0v) is 17.5. The normalized spacial score (nSPS) is 15.2. The first-order valence-corrected chi connectivity index (χ1v) is 10.9. The van der Waals surface area contributed by atoms with Gasteiger partial charge in [0.1, 0.15) is 17.0 Å². The summed E-state index contributed by atoms with van der Waals surface area (Å²) in [6.07, 6.45) is 3.43. The van der Waals surface area contributed by atoms with E-state index in [1.165, 1.54) is 16.7 Å².